The topological polar surface area (TPSA) is 210 Å². The fraction of sp³-hybridized carbons (Fsp3) is 1.00. The first kappa shape index (κ1) is 23.5. The van der Waals surface area contributed by atoms with Crippen LogP contribution in [0.5, 0.6) is 0 Å². The van der Waals surface area contributed by atoms with Gasteiger partial charge in [-0.05, 0) is 10.1 Å². The molecule has 0 saturated carbocycles. The summed E-state index contributed by atoms with van der Waals surface area (Å²) in [5, 5.41) is -3.04. The first-order valence-electron chi connectivity index (χ1n) is 5.27. The molecule has 0 bridgehead atoms. The molecular formula is C4H21IN9O8P+2. The standard InChI is InChI=1S/C4H21IN9O8P/c1-4(6,23)17-12(15-2)21-13(8,16-3)22-14(9,18-5)20-11(7)19-10/h6-10,23H2,1-3H3/q+2/t4-,13?,14?/m0/s1. The average molecular weight is 481 g/mol. The Bertz CT molecular complexity index is 354. The Morgan fingerprint density at radius 1 is 1.17 bits per heavy atom. The molecule has 0 spiro atoms. The van der Waals surface area contributed by atoms with Crippen molar-refractivity contribution in [1.29, 1.82) is 0 Å². The quantitative estimate of drug-likeness (QED) is 0.0471. The van der Waals surface area contributed by atoms with Crippen molar-refractivity contribution in [2.75, 3.05) is 14.2 Å². The van der Waals surface area contributed by atoms with Crippen LogP contribution in [-0.2, 0) is 37.4 Å². The highest BCUT2D eigenvalue weighted by atomic mass is 127. The molecule has 140 valence electrons. The number of quaternary nitrogens is 2. The lowest BCUT2D eigenvalue weighted by atomic mass is 10.7. The minimum Gasteiger partial charge on any atom is -0.299 e. The van der Waals surface area contributed by atoms with Gasteiger partial charge in [0, 0.05) is 9.88 Å². The van der Waals surface area contributed by atoms with E-state index in [9.17, 15) is 0 Å². The summed E-state index contributed by atoms with van der Waals surface area (Å²) in [6.45, 7) is 1.46. The molecule has 0 aromatic carbocycles. The predicted molar refractivity (Wildman–Crippen MR) is 77.8 cm³/mol. The lowest BCUT2D eigenvalue weighted by Crippen LogP contribution is -2.68. The minimum atomic E-state index is -1.75. The monoisotopic (exact) mass is 481 g/mol. The van der Waals surface area contributed by atoms with Gasteiger partial charge < -0.3 is 0 Å². The molecule has 0 aliphatic rings. The molecule has 23 heavy (non-hydrogen) atoms. The Hall–Kier alpha value is 0.480. The Balaban J connectivity index is 5.04. The van der Waals surface area contributed by atoms with Crippen molar-refractivity contribution in [3.05, 3.63) is 0 Å². The second-order valence-corrected chi connectivity index (χ2v) is 5.19. The Kier molecular flexibility index (Phi) is 10.0. The maximum Gasteiger partial charge on any atom is 0.269 e. The molecule has 19 heteroatoms. The molecule has 0 aliphatic carbocycles. The third kappa shape index (κ3) is 9.51. The zero-order chi connectivity index (χ0) is 18.3. The SMILES string of the molecule is CON(O[C@](C)(N)P)O[N+](N)(OC)O[N+](N)(OI)ON(N)ON. The fourth-order valence-corrected chi connectivity index (χ4v) is 0.982. The van der Waals surface area contributed by atoms with Gasteiger partial charge in [0.15, 0.2) is 10.4 Å². The smallest absolute Gasteiger partial charge is 0.269 e. The van der Waals surface area contributed by atoms with Crippen LogP contribution >= 0.6 is 32.2 Å². The Labute approximate surface area is 146 Å². The molecule has 3 unspecified atom stereocenters. The van der Waals surface area contributed by atoms with Crippen molar-refractivity contribution < 1.29 is 47.6 Å². The van der Waals surface area contributed by atoms with Crippen LogP contribution in [-0.4, -0.2) is 40.6 Å². The molecule has 17 nitrogen and oxygen atoms in total. The summed E-state index contributed by atoms with van der Waals surface area (Å²) in [5.41, 5.74) is 4.30. The van der Waals surface area contributed by atoms with E-state index in [1.807, 2.05) is 0 Å². The van der Waals surface area contributed by atoms with Crippen molar-refractivity contribution in [3.63, 3.8) is 0 Å². The third-order valence-electron chi connectivity index (χ3n) is 1.48. The summed E-state index contributed by atoms with van der Waals surface area (Å²) < 4.78 is 4.62. The van der Waals surface area contributed by atoms with Crippen LogP contribution in [0.3, 0.4) is 0 Å². The summed E-state index contributed by atoms with van der Waals surface area (Å²) >= 11 is 1.28. The average Bonchev–Trinajstić information content (AvgIpc) is 2.44. The summed E-state index contributed by atoms with van der Waals surface area (Å²) in [5.74, 6) is 20.9. The van der Waals surface area contributed by atoms with E-state index in [0.717, 1.165) is 14.2 Å². The fourth-order valence-electron chi connectivity index (χ4n) is 0.753. The number of hydrogen-bond donors (Lipinski definition) is 5. The van der Waals surface area contributed by atoms with Crippen molar-refractivity contribution in [2.45, 2.75) is 12.4 Å². The van der Waals surface area contributed by atoms with Crippen LogP contribution in [0, 0.1) is 0 Å². The summed E-state index contributed by atoms with van der Waals surface area (Å²) in [6.07, 6.45) is 0. The molecule has 0 aliphatic heterocycles. The number of nitrogens with zero attached hydrogens (tertiary/aromatic N) is 4. The highest BCUT2D eigenvalue weighted by Crippen LogP contribution is 2.20. The molecule has 0 saturated heterocycles. The lowest BCUT2D eigenvalue weighted by Gasteiger charge is -2.29. The summed E-state index contributed by atoms with van der Waals surface area (Å²) in [4.78, 5) is 32.8. The van der Waals surface area contributed by atoms with E-state index in [4.69, 9.17) is 53.5 Å². The van der Waals surface area contributed by atoms with Gasteiger partial charge in [-0.3, -0.25) is 5.73 Å². The molecule has 0 aromatic rings. The van der Waals surface area contributed by atoms with Gasteiger partial charge in [0.25, 0.3) is 10.2 Å². The van der Waals surface area contributed by atoms with E-state index < -0.39 is 15.6 Å². The molecule has 0 aromatic heterocycles. The van der Waals surface area contributed by atoms with Crippen molar-refractivity contribution in [3.8, 4) is 0 Å². The van der Waals surface area contributed by atoms with Crippen LogP contribution < -0.4 is 29.2 Å². The van der Waals surface area contributed by atoms with E-state index in [-0.39, 0.29) is 5.34 Å². The van der Waals surface area contributed by atoms with Gasteiger partial charge >= 0.3 is 0 Å². The molecule has 0 rings (SSSR count). The Morgan fingerprint density at radius 3 is 2.09 bits per heavy atom. The van der Waals surface area contributed by atoms with E-state index >= 15 is 0 Å². The number of halogens is 1. The van der Waals surface area contributed by atoms with Crippen LogP contribution in [0.4, 0.5) is 0 Å². The molecule has 0 heterocycles. The van der Waals surface area contributed by atoms with Gasteiger partial charge in [0.2, 0.25) is 23.0 Å². The largest absolute Gasteiger partial charge is 0.299 e. The van der Waals surface area contributed by atoms with Crippen molar-refractivity contribution in [1.82, 2.24) is 10.7 Å². The predicted octanol–water partition coefficient (Wildman–Crippen LogP) is -2.97. The normalized spacial score (nSPS) is 20.3. The maximum absolute atomic E-state index is 5.60. The summed E-state index contributed by atoms with van der Waals surface area (Å²) in [6, 6.07) is 0. The van der Waals surface area contributed by atoms with Gasteiger partial charge in [-0.2, -0.15) is 10.8 Å². The summed E-state index contributed by atoms with van der Waals surface area (Å²) in [7, 11) is 4.37. The second-order valence-electron chi connectivity index (χ2n) is 3.65. The highest BCUT2D eigenvalue weighted by molar-refractivity contribution is 14.1. The highest BCUT2D eigenvalue weighted by Gasteiger charge is 2.53. The molecule has 0 fully saturated rings. The lowest BCUT2D eigenvalue weighted by molar-refractivity contribution is -1.58. The zero-order valence-corrected chi connectivity index (χ0v) is 15.7. The van der Waals surface area contributed by atoms with Crippen LogP contribution in [0.15, 0.2) is 0 Å². The van der Waals surface area contributed by atoms with E-state index in [1.54, 1.807) is 0 Å². The van der Waals surface area contributed by atoms with Crippen LogP contribution in [0.25, 0.3) is 0 Å². The van der Waals surface area contributed by atoms with E-state index in [0.29, 0.717) is 5.39 Å². The first-order valence-corrected chi connectivity index (χ1v) is 6.73. The van der Waals surface area contributed by atoms with Gasteiger partial charge in [-0.25, -0.2) is 15.5 Å². The molecule has 4 atom stereocenters. The van der Waals surface area contributed by atoms with Gasteiger partial charge in [-0.1, -0.05) is 20.9 Å². The minimum absolute atomic E-state index is 0.0862. The van der Waals surface area contributed by atoms with E-state index in [1.165, 1.54) is 29.9 Å². The number of hydrogen-bond acceptors (Lipinski definition) is 15. The Morgan fingerprint density at radius 2 is 1.74 bits per heavy atom. The molecule has 0 amide bonds. The van der Waals surface area contributed by atoms with Gasteiger partial charge in [-0.15, -0.1) is 4.84 Å². The van der Waals surface area contributed by atoms with Crippen molar-refractivity contribution in [2.24, 2.45) is 29.2 Å². The number of hydrazine groups is 1. The first-order chi connectivity index (χ1) is 10.4. The zero-order valence-electron chi connectivity index (χ0n) is 12.4. The van der Waals surface area contributed by atoms with E-state index in [2.05, 4.69) is 22.3 Å². The van der Waals surface area contributed by atoms with Crippen LogP contribution in [0.2, 0.25) is 0 Å². The molecule has 0 radical (unpaired) electrons. The molecule has 10 N–H and O–H groups in total. The number of nitrogens with two attached hydrogens (primary N) is 5. The van der Waals surface area contributed by atoms with Gasteiger partial charge in [0.05, 0.1) is 12.4 Å². The van der Waals surface area contributed by atoms with Crippen molar-refractivity contribution >= 4 is 32.2 Å². The third-order valence-corrected chi connectivity index (χ3v) is 2.13. The van der Waals surface area contributed by atoms with Gasteiger partial charge in [0.1, 0.15) is 12.5 Å². The second kappa shape index (κ2) is 9.83. The maximum atomic E-state index is 5.60. The number of rotatable bonds is 12. The molecular weight excluding hydrogens is 460 g/mol. The van der Waals surface area contributed by atoms with Crippen LogP contribution in [0.1, 0.15) is 6.92 Å².